The lowest BCUT2D eigenvalue weighted by atomic mass is 10.1. The molecule has 4 rings (SSSR count). The number of hydrogen-bond acceptors (Lipinski definition) is 7. The summed E-state index contributed by atoms with van der Waals surface area (Å²) in [6.45, 7) is 6.30. The molecule has 0 bridgehead atoms. The molecule has 3 aromatic rings. The second kappa shape index (κ2) is 6.86. The highest BCUT2D eigenvalue weighted by Crippen LogP contribution is 2.34. The lowest BCUT2D eigenvalue weighted by Gasteiger charge is -2.24. The molecule has 1 aliphatic rings. The Morgan fingerprint density at radius 1 is 1.19 bits per heavy atom. The van der Waals surface area contributed by atoms with Crippen molar-refractivity contribution in [3.8, 4) is 11.3 Å². The zero-order chi connectivity index (χ0) is 19.0. The lowest BCUT2D eigenvalue weighted by molar-refractivity contribution is 0.0731. The number of rotatable bonds is 3. The predicted octanol–water partition coefficient (Wildman–Crippen LogP) is 2.82. The van der Waals surface area contributed by atoms with Gasteiger partial charge in [0.25, 0.3) is 5.91 Å². The van der Waals surface area contributed by atoms with E-state index in [0.717, 1.165) is 41.2 Å². The van der Waals surface area contributed by atoms with E-state index in [4.69, 9.17) is 4.52 Å². The summed E-state index contributed by atoms with van der Waals surface area (Å²) in [5.74, 6) is 1.30. The van der Waals surface area contributed by atoms with E-state index in [9.17, 15) is 4.79 Å². The summed E-state index contributed by atoms with van der Waals surface area (Å²) in [6, 6.07) is 1.84. The molecule has 138 valence electrons. The lowest BCUT2D eigenvalue weighted by Crippen LogP contribution is -2.31. The van der Waals surface area contributed by atoms with Crippen molar-refractivity contribution in [3.63, 3.8) is 0 Å². The van der Waals surface area contributed by atoms with Gasteiger partial charge in [0.15, 0.2) is 0 Å². The van der Waals surface area contributed by atoms with Gasteiger partial charge in [0.1, 0.15) is 17.9 Å². The van der Waals surface area contributed by atoms with Crippen LogP contribution in [0.25, 0.3) is 11.3 Å². The molecule has 0 N–H and O–H groups in total. The molecule has 1 fully saturated rings. The van der Waals surface area contributed by atoms with E-state index in [1.54, 1.807) is 12.4 Å². The first-order chi connectivity index (χ1) is 13.0. The van der Waals surface area contributed by atoms with Crippen LogP contribution in [0, 0.1) is 20.8 Å². The monoisotopic (exact) mass is 364 g/mol. The maximum Gasteiger partial charge on any atom is 0.257 e. The predicted molar refractivity (Wildman–Crippen MR) is 96.8 cm³/mol. The van der Waals surface area contributed by atoms with Crippen LogP contribution in [0.3, 0.4) is 0 Å². The Bertz CT molecular complexity index is 966. The van der Waals surface area contributed by atoms with Crippen LogP contribution in [0.15, 0.2) is 29.3 Å². The molecule has 8 heteroatoms. The number of aryl methyl sites for hydroxylation is 3. The number of likely N-dealkylation sites (tertiary alicyclic amines) is 1. The molecule has 0 aromatic carbocycles. The van der Waals surface area contributed by atoms with Gasteiger partial charge in [-0.2, -0.15) is 0 Å². The third-order valence-electron chi connectivity index (χ3n) is 4.81. The molecule has 1 aliphatic heterocycles. The molecular formula is C19H20N6O2. The zero-order valence-corrected chi connectivity index (χ0v) is 15.5. The minimum absolute atomic E-state index is 0.0757. The van der Waals surface area contributed by atoms with Gasteiger partial charge in [-0.3, -0.25) is 4.79 Å². The second-order valence-electron chi connectivity index (χ2n) is 6.71. The van der Waals surface area contributed by atoms with E-state index in [2.05, 4.69) is 25.1 Å². The van der Waals surface area contributed by atoms with E-state index in [-0.39, 0.29) is 11.9 Å². The van der Waals surface area contributed by atoms with E-state index in [1.165, 1.54) is 6.33 Å². The maximum atomic E-state index is 12.9. The smallest absolute Gasteiger partial charge is 0.257 e. The van der Waals surface area contributed by atoms with Crippen LogP contribution in [-0.2, 0) is 0 Å². The minimum Gasteiger partial charge on any atom is -0.361 e. The van der Waals surface area contributed by atoms with Crippen LogP contribution in [0.1, 0.15) is 52.2 Å². The highest BCUT2D eigenvalue weighted by Gasteiger charge is 2.32. The summed E-state index contributed by atoms with van der Waals surface area (Å²) in [4.78, 5) is 31.9. The van der Waals surface area contributed by atoms with E-state index in [1.807, 2.05) is 31.7 Å². The van der Waals surface area contributed by atoms with Gasteiger partial charge in [0.05, 0.1) is 34.3 Å². The summed E-state index contributed by atoms with van der Waals surface area (Å²) >= 11 is 0. The van der Waals surface area contributed by atoms with Gasteiger partial charge in [0.2, 0.25) is 0 Å². The highest BCUT2D eigenvalue weighted by atomic mass is 16.5. The first kappa shape index (κ1) is 17.3. The average molecular weight is 364 g/mol. The van der Waals surface area contributed by atoms with E-state index in [0.29, 0.717) is 17.9 Å². The Kier molecular flexibility index (Phi) is 4.39. The number of aromatic nitrogens is 5. The molecule has 1 atom stereocenters. The maximum absolute atomic E-state index is 12.9. The molecule has 1 saturated heterocycles. The van der Waals surface area contributed by atoms with Gasteiger partial charge in [-0.25, -0.2) is 19.9 Å². The van der Waals surface area contributed by atoms with Crippen molar-refractivity contribution in [2.75, 3.05) is 6.54 Å². The Morgan fingerprint density at radius 3 is 2.67 bits per heavy atom. The van der Waals surface area contributed by atoms with Gasteiger partial charge in [-0.15, -0.1) is 0 Å². The van der Waals surface area contributed by atoms with Crippen molar-refractivity contribution in [1.29, 1.82) is 0 Å². The van der Waals surface area contributed by atoms with Crippen molar-refractivity contribution >= 4 is 5.91 Å². The van der Waals surface area contributed by atoms with Gasteiger partial charge in [-0.05, 0) is 39.7 Å². The van der Waals surface area contributed by atoms with Crippen LogP contribution < -0.4 is 0 Å². The van der Waals surface area contributed by atoms with Gasteiger partial charge >= 0.3 is 0 Å². The normalized spacial score (nSPS) is 16.7. The molecule has 3 aromatic heterocycles. The summed E-state index contributed by atoms with van der Waals surface area (Å²) in [7, 11) is 0. The van der Waals surface area contributed by atoms with Crippen LogP contribution in [0.5, 0.6) is 0 Å². The Balaban J connectivity index is 1.71. The van der Waals surface area contributed by atoms with E-state index < -0.39 is 0 Å². The SMILES string of the molecule is Cc1nc(-c2c(C)noc2C)cc(C2CCCN2C(=O)c2cncnc2)n1. The fourth-order valence-corrected chi connectivity index (χ4v) is 3.63. The average Bonchev–Trinajstić information content (AvgIpc) is 3.28. The van der Waals surface area contributed by atoms with E-state index >= 15 is 0 Å². The molecule has 1 unspecified atom stereocenters. The molecule has 4 heterocycles. The first-order valence-corrected chi connectivity index (χ1v) is 8.89. The van der Waals surface area contributed by atoms with Crippen LogP contribution >= 0.6 is 0 Å². The molecule has 1 amide bonds. The molecule has 27 heavy (non-hydrogen) atoms. The number of hydrogen-bond donors (Lipinski definition) is 0. The Morgan fingerprint density at radius 2 is 1.96 bits per heavy atom. The molecular weight excluding hydrogens is 344 g/mol. The fraction of sp³-hybridized carbons (Fsp3) is 0.368. The summed E-state index contributed by atoms with van der Waals surface area (Å²) in [5, 5.41) is 4.02. The molecule has 0 spiro atoms. The third-order valence-corrected chi connectivity index (χ3v) is 4.81. The molecule has 0 aliphatic carbocycles. The van der Waals surface area contributed by atoms with Gasteiger partial charge in [-0.1, -0.05) is 5.16 Å². The fourth-order valence-electron chi connectivity index (χ4n) is 3.63. The topological polar surface area (TPSA) is 97.9 Å². The van der Waals surface area contributed by atoms with Crippen molar-refractivity contribution in [1.82, 2.24) is 30.0 Å². The van der Waals surface area contributed by atoms with Gasteiger partial charge in [0, 0.05) is 18.9 Å². The van der Waals surface area contributed by atoms with Crippen LogP contribution in [0.4, 0.5) is 0 Å². The number of nitrogens with zero attached hydrogens (tertiary/aromatic N) is 6. The van der Waals surface area contributed by atoms with Crippen LogP contribution in [-0.4, -0.2) is 42.4 Å². The Labute approximate surface area is 156 Å². The molecule has 8 nitrogen and oxygen atoms in total. The Hall–Kier alpha value is -3.16. The number of amides is 1. The van der Waals surface area contributed by atoms with Crippen LogP contribution in [0.2, 0.25) is 0 Å². The summed E-state index contributed by atoms with van der Waals surface area (Å²) < 4.78 is 5.28. The largest absolute Gasteiger partial charge is 0.361 e. The van der Waals surface area contributed by atoms with Crippen molar-refractivity contribution in [2.45, 2.75) is 39.7 Å². The van der Waals surface area contributed by atoms with Crippen molar-refractivity contribution < 1.29 is 9.32 Å². The summed E-state index contributed by atoms with van der Waals surface area (Å²) in [5.41, 5.74) is 3.77. The molecule has 0 radical (unpaired) electrons. The standard InChI is InChI=1S/C19H20N6O2/c1-11-18(12(2)27-24-11)16-7-15(22-13(3)23-16)17-5-4-6-25(17)19(26)14-8-20-10-21-9-14/h7-10,17H,4-6H2,1-3H3. The van der Waals surface area contributed by atoms with Gasteiger partial charge < -0.3 is 9.42 Å². The number of carbonyl (C=O) groups is 1. The minimum atomic E-state index is -0.0985. The second-order valence-corrected chi connectivity index (χ2v) is 6.71. The zero-order valence-electron chi connectivity index (χ0n) is 15.5. The van der Waals surface area contributed by atoms with Crippen molar-refractivity contribution in [2.24, 2.45) is 0 Å². The third kappa shape index (κ3) is 3.18. The first-order valence-electron chi connectivity index (χ1n) is 8.89. The molecule has 0 saturated carbocycles. The highest BCUT2D eigenvalue weighted by molar-refractivity contribution is 5.94. The summed E-state index contributed by atoms with van der Waals surface area (Å²) in [6.07, 6.45) is 6.29. The quantitative estimate of drug-likeness (QED) is 0.705. The van der Waals surface area contributed by atoms with Crippen molar-refractivity contribution in [3.05, 3.63) is 53.3 Å². The number of carbonyl (C=O) groups excluding carboxylic acids is 1.